The number of halogens is 3. The Morgan fingerprint density at radius 3 is 2.44 bits per heavy atom. The normalized spacial score (nSPS) is 10.7. The van der Waals surface area contributed by atoms with E-state index in [9.17, 15) is 8.78 Å². The zero-order valence-electron chi connectivity index (χ0n) is 13.7. The predicted octanol–water partition coefficient (Wildman–Crippen LogP) is 6.10. The monoisotopic (exact) mass is 358 g/mol. The number of rotatable bonds is 5. The molecule has 4 heteroatoms. The summed E-state index contributed by atoms with van der Waals surface area (Å²) < 4.78 is 33.9. The van der Waals surface area contributed by atoms with Crippen LogP contribution in [0.5, 0.6) is 5.75 Å². The van der Waals surface area contributed by atoms with E-state index in [1.165, 1.54) is 6.07 Å². The van der Waals surface area contributed by atoms with Gasteiger partial charge in [-0.25, -0.2) is 8.78 Å². The van der Waals surface area contributed by atoms with Crippen molar-refractivity contribution in [2.24, 2.45) is 0 Å². The Morgan fingerprint density at radius 1 is 0.880 bits per heavy atom. The predicted molar refractivity (Wildman–Crippen MR) is 96.1 cm³/mol. The summed E-state index contributed by atoms with van der Waals surface area (Å²) in [5.74, 6) is -0.00600. The van der Waals surface area contributed by atoms with Crippen molar-refractivity contribution in [3.05, 3.63) is 99.6 Å². The third-order valence-electron chi connectivity index (χ3n) is 4.02. The van der Waals surface area contributed by atoms with E-state index in [0.717, 1.165) is 5.56 Å². The van der Waals surface area contributed by atoms with Crippen LogP contribution in [0.2, 0.25) is 5.02 Å². The van der Waals surface area contributed by atoms with E-state index in [1.54, 1.807) is 43.3 Å². The molecule has 0 atom stereocenters. The lowest BCUT2D eigenvalue weighted by atomic mass is 10.0. The van der Waals surface area contributed by atoms with E-state index in [1.807, 2.05) is 18.2 Å². The van der Waals surface area contributed by atoms with E-state index >= 15 is 0 Å². The van der Waals surface area contributed by atoms with Gasteiger partial charge in [0.1, 0.15) is 24.0 Å². The molecular formula is C21H17ClF2O. The van der Waals surface area contributed by atoms with Crippen LogP contribution in [0.15, 0.2) is 60.7 Å². The maximum Gasteiger partial charge on any atom is 0.132 e. The molecule has 0 radical (unpaired) electrons. The van der Waals surface area contributed by atoms with Crippen molar-refractivity contribution in [1.82, 2.24) is 0 Å². The Labute approximate surface area is 150 Å². The lowest BCUT2D eigenvalue weighted by Gasteiger charge is -2.13. The molecule has 0 aromatic heterocycles. The first-order valence-corrected chi connectivity index (χ1v) is 8.31. The largest absolute Gasteiger partial charge is 0.489 e. The van der Waals surface area contributed by atoms with Crippen LogP contribution >= 0.6 is 11.6 Å². The van der Waals surface area contributed by atoms with Crippen molar-refractivity contribution in [2.75, 3.05) is 0 Å². The molecule has 3 rings (SSSR count). The van der Waals surface area contributed by atoms with Gasteiger partial charge in [-0.3, -0.25) is 0 Å². The molecule has 0 spiro atoms. The van der Waals surface area contributed by atoms with Gasteiger partial charge in [0.15, 0.2) is 0 Å². The Morgan fingerprint density at radius 2 is 1.64 bits per heavy atom. The maximum absolute atomic E-state index is 14.1. The van der Waals surface area contributed by atoms with Crippen molar-refractivity contribution in [3.8, 4) is 5.75 Å². The number of benzene rings is 3. The fraction of sp³-hybridized carbons (Fsp3) is 0.143. The molecule has 128 valence electrons. The molecule has 0 heterocycles. The SMILES string of the molecule is Cc1cccc(COc2ccccc2Cc2ccc(Cl)cc2F)c1F. The van der Waals surface area contributed by atoms with Crippen LogP contribution in [0.25, 0.3) is 0 Å². The third kappa shape index (κ3) is 4.18. The van der Waals surface area contributed by atoms with Crippen molar-refractivity contribution >= 4 is 11.6 Å². The molecule has 0 aliphatic carbocycles. The lowest BCUT2D eigenvalue weighted by molar-refractivity contribution is 0.297. The second kappa shape index (κ2) is 7.66. The first-order valence-electron chi connectivity index (χ1n) is 7.93. The topological polar surface area (TPSA) is 9.23 Å². The minimum Gasteiger partial charge on any atom is -0.489 e. The molecule has 0 bridgehead atoms. The second-order valence-electron chi connectivity index (χ2n) is 5.86. The van der Waals surface area contributed by atoms with Gasteiger partial charge in [-0.2, -0.15) is 0 Å². The van der Waals surface area contributed by atoms with Crippen LogP contribution in [0.4, 0.5) is 8.78 Å². The molecule has 0 unspecified atom stereocenters. The van der Waals surface area contributed by atoms with Crippen LogP contribution in [0, 0.1) is 18.6 Å². The van der Waals surface area contributed by atoms with Gasteiger partial charge in [-0.15, -0.1) is 0 Å². The summed E-state index contributed by atoms with van der Waals surface area (Å²) in [7, 11) is 0. The first kappa shape index (κ1) is 17.4. The molecule has 3 aromatic carbocycles. The van der Waals surface area contributed by atoms with Gasteiger partial charge in [0.2, 0.25) is 0 Å². The molecule has 0 amide bonds. The zero-order chi connectivity index (χ0) is 17.8. The summed E-state index contributed by atoms with van der Waals surface area (Å²) in [6.07, 6.45) is 0.371. The Balaban J connectivity index is 1.80. The molecule has 25 heavy (non-hydrogen) atoms. The highest BCUT2D eigenvalue weighted by molar-refractivity contribution is 6.30. The van der Waals surface area contributed by atoms with Gasteiger partial charge >= 0.3 is 0 Å². The number of para-hydroxylation sites is 1. The molecule has 1 nitrogen and oxygen atoms in total. The highest BCUT2D eigenvalue weighted by atomic mass is 35.5. The summed E-state index contributed by atoms with van der Waals surface area (Å²) in [5, 5.41) is 0.362. The van der Waals surface area contributed by atoms with Gasteiger partial charge in [0.05, 0.1) is 0 Å². The van der Waals surface area contributed by atoms with E-state index < -0.39 is 0 Å². The number of aryl methyl sites for hydroxylation is 1. The third-order valence-corrected chi connectivity index (χ3v) is 4.26. The number of hydrogen-bond donors (Lipinski definition) is 0. The first-order chi connectivity index (χ1) is 12.0. The quantitative estimate of drug-likeness (QED) is 0.535. The van der Waals surface area contributed by atoms with Crippen molar-refractivity contribution in [3.63, 3.8) is 0 Å². The summed E-state index contributed by atoms with van der Waals surface area (Å²) >= 11 is 5.80. The molecule has 0 fully saturated rings. The fourth-order valence-electron chi connectivity index (χ4n) is 2.64. The van der Waals surface area contributed by atoms with Crippen LogP contribution in [0.1, 0.15) is 22.3 Å². The lowest BCUT2D eigenvalue weighted by Crippen LogP contribution is -2.02. The van der Waals surface area contributed by atoms with Crippen molar-refractivity contribution in [2.45, 2.75) is 20.0 Å². The Kier molecular flexibility index (Phi) is 5.34. The minimum absolute atomic E-state index is 0.119. The maximum atomic E-state index is 14.1. The zero-order valence-corrected chi connectivity index (χ0v) is 14.5. The molecule has 0 aliphatic heterocycles. The van der Waals surface area contributed by atoms with Gasteiger partial charge in [0, 0.05) is 17.0 Å². The molecule has 0 saturated carbocycles. The summed E-state index contributed by atoms with van der Waals surface area (Å²) in [5.41, 5.74) is 2.43. The number of hydrogen-bond acceptors (Lipinski definition) is 1. The molecule has 0 N–H and O–H groups in total. The summed E-state index contributed by atoms with van der Waals surface area (Å²) in [6, 6.07) is 17.2. The Hall–Kier alpha value is -2.39. The summed E-state index contributed by atoms with van der Waals surface area (Å²) in [6.45, 7) is 1.84. The van der Waals surface area contributed by atoms with Crippen molar-refractivity contribution < 1.29 is 13.5 Å². The second-order valence-corrected chi connectivity index (χ2v) is 6.29. The standard InChI is InChI=1S/C21H17ClF2O/c1-14-5-4-7-17(21(14)24)13-25-20-8-3-2-6-16(20)11-15-9-10-18(22)12-19(15)23/h2-10,12H,11,13H2,1H3. The number of ether oxygens (including phenoxy) is 1. The van der Waals surface area contributed by atoms with Crippen LogP contribution in [-0.2, 0) is 13.0 Å². The van der Waals surface area contributed by atoms with Crippen molar-refractivity contribution in [1.29, 1.82) is 0 Å². The van der Waals surface area contributed by atoms with Gasteiger partial charge in [0.25, 0.3) is 0 Å². The molecular weight excluding hydrogens is 342 g/mol. The van der Waals surface area contributed by atoms with E-state index in [-0.39, 0.29) is 18.2 Å². The van der Waals surface area contributed by atoms with Gasteiger partial charge < -0.3 is 4.74 Å². The van der Waals surface area contributed by atoms with E-state index in [2.05, 4.69) is 0 Å². The van der Waals surface area contributed by atoms with Crippen LogP contribution in [-0.4, -0.2) is 0 Å². The average molecular weight is 359 g/mol. The van der Waals surface area contributed by atoms with E-state index in [0.29, 0.717) is 33.9 Å². The highest BCUT2D eigenvalue weighted by Gasteiger charge is 2.10. The van der Waals surface area contributed by atoms with Crippen LogP contribution < -0.4 is 4.74 Å². The minimum atomic E-state index is -0.355. The average Bonchev–Trinajstić information content (AvgIpc) is 2.60. The summed E-state index contributed by atoms with van der Waals surface area (Å²) in [4.78, 5) is 0. The van der Waals surface area contributed by atoms with E-state index in [4.69, 9.17) is 16.3 Å². The molecule has 3 aromatic rings. The molecule has 0 saturated heterocycles. The van der Waals surface area contributed by atoms with Crippen LogP contribution in [0.3, 0.4) is 0 Å². The Bertz CT molecular complexity index is 893. The smallest absolute Gasteiger partial charge is 0.132 e. The van der Waals surface area contributed by atoms with Gasteiger partial charge in [-0.05, 0) is 41.8 Å². The van der Waals surface area contributed by atoms with Gasteiger partial charge in [-0.1, -0.05) is 54.1 Å². The molecule has 0 aliphatic rings. The fourth-order valence-corrected chi connectivity index (χ4v) is 2.79. The highest BCUT2D eigenvalue weighted by Crippen LogP contribution is 2.25.